The molecule has 154 valence electrons. The number of aromatic nitrogens is 3. The van der Waals surface area contributed by atoms with E-state index in [0.29, 0.717) is 23.6 Å². The number of amides is 1. The van der Waals surface area contributed by atoms with Crippen LogP contribution in [0, 0.1) is 17.1 Å². The number of hydrogen-bond donors (Lipinski definition) is 0. The van der Waals surface area contributed by atoms with Gasteiger partial charge in [-0.2, -0.15) is 10.4 Å². The molecule has 0 N–H and O–H groups in total. The molecular weight excluding hydrogens is 413 g/mol. The molecule has 6 nitrogen and oxygen atoms in total. The zero-order valence-electron chi connectivity index (χ0n) is 16.5. The van der Waals surface area contributed by atoms with Crippen molar-refractivity contribution in [1.82, 2.24) is 19.7 Å². The van der Waals surface area contributed by atoms with Gasteiger partial charge in [-0.1, -0.05) is 12.1 Å². The van der Waals surface area contributed by atoms with Crippen LogP contribution in [0.1, 0.15) is 22.5 Å². The summed E-state index contributed by atoms with van der Waals surface area (Å²) in [6, 6.07) is 17.2. The standard InChI is InChI=1S/C23H18FN5OS/c24-18-6-8-19(9-7-18)29-21(14-20(27-29)22-5-2-13-31-22)23(30)28(12-3-10-25)16-17-4-1-11-26-15-17/h1-2,4-9,11,13-15H,3,12,16H2. The van der Waals surface area contributed by atoms with E-state index in [-0.39, 0.29) is 24.7 Å². The number of nitrogens with zero attached hydrogens (tertiary/aromatic N) is 5. The third-order valence-corrected chi connectivity index (χ3v) is 5.54. The average Bonchev–Trinajstić information content (AvgIpc) is 3.47. The van der Waals surface area contributed by atoms with E-state index >= 15 is 0 Å². The lowest BCUT2D eigenvalue weighted by atomic mass is 10.2. The van der Waals surface area contributed by atoms with Crippen LogP contribution in [-0.4, -0.2) is 32.1 Å². The Morgan fingerprint density at radius 2 is 2.03 bits per heavy atom. The maximum Gasteiger partial charge on any atom is 0.272 e. The first-order chi connectivity index (χ1) is 15.2. The van der Waals surface area contributed by atoms with Crippen LogP contribution >= 0.6 is 11.3 Å². The van der Waals surface area contributed by atoms with Gasteiger partial charge >= 0.3 is 0 Å². The normalized spacial score (nSPS) is 10.6. The minimum Gasteiger partial charge on any atom is -0.332 e. The number of carbonyl (C=O) groups excluding carboxylic acids is 1. The molecule has 0 saturated carbocycles. The van der Waals surface area contributed by atoms with Crippen molar-refractivity contribution in [3.8, 4) is 22.3 Å². The van der Waals surface area contributed by atoms with Crippen LogP contribution in [-0.2, 0) is 6.54 Å². The van der Waals surface area contributed by atoms with E-state index in [4.69, 9.17) is 5.26 Å². The molecule has 3 heterocycles. The largest absolute Gasteiger partial charge is 0.332 e. The van der Waals surface area contributed by atoms with Gasteiger partial charge in [-0.15, -0.1) is 11.3 Å². The lowest BCUT2D eigenvalue weighted by Crippen LogP contribution is -2.33. The predicted octanol–water partition coefficient (Wildman–Crippen LogP) is 4.69. The lowest BCUT2D eigenvalue weighted by molar-refractivity contribution is 0.0737. The molecule has 0 aliphatic rings. The number of hydrogen-bond acceptors (Lipinski definition) is 5. The first kappa shape index (κ1) is 20.4. The highest BCUT2D eigenvalue weighted by atomic mass is 32.1. The van der Waals surface area contributed by atoms with E-state index in [2.05, 4.69) is 16.2 Å². The molecule has 0 saturated heterocycles. The molecule has 4 aromatic rings. The van der Waals surface area contributed by atoms with Gasteiger partial charge in [-0.25, -0.2) is 9.07 Å². The van der Waals surface area contributed by atoms with E-state index in [0.717, 1.165) is 10.4 Å². The Kier molecular flexibility index (Phi) is 6.15. The highest BCUT2D eigenvalue weighted by Crippen LogP contribution is 2.27. The van der Waals surface area contributed by atoms with Gasteiger partial charge in [0.05, 0.1) is 23.1 Å². The molecule has 0 radical (unpaired) electrons. The topological polar surface area (TPSA) is 74.8 Å². The maximum absolute atomic E-state index is 13.6. The minimum atomic E-state index is -0.366. The molecule has 4 rings (SSSR count). The Labute approximate surface area is 182 Å². The molecule has 1 amide bonds. The van der Waals surface area contributed by atoms with Crippen molar-refractivity contribution in [1.29, 1.82) is 5.26 Å². The smallest absolute Gasteiger partial charge is 0.272 e. The molecule has 1 aromatic carbocycles. The summed E-state index contributed by atoms with van der Waals surface area (Å²) in [6.07, 6.45) is 3.57. The fourth-order valence-electron chi connectivity index (χ4n) is 3.17. The van der Waals surface area contributed by atoms with Crippen molar-refractivity contribution >= 4 is 17.2 Å². The number of benzene rings is 1. The highest BCUT2D eigenvalue weighted by molar-refractivity contribution is 7.13. The molecule has 0 bridgehead atoms. The number of halogens is 1. The monoisotopic (exact) mass is 431 g/mol. The second-order valence-corrected chi connectivity index (χ2v) is 7.72. The first-order valence-electron chi connectivity index (χ1n) is 9.61. The summed E-state index contributed by atoms with van der Waals surface area (Å²) in [4.78, 5) is 20.2. The number of nitriles is 1. The second kappa shape index (κ2) is 9.32. The van der Waals surface area contributed by atoms with E-state index < -0.39 is 0 Å². The summed E-state index contributed by atoms with van der Waals surface area (Å²) in [6.45, 7) is 0.588. The van der Waals surface area contributed by atoms with E-state index in [1.165, 1.54) is 28.2 Å². The van der Waals surface area contributed by atoms with E-state index in [1.54, 1.807) is 41.6 Å². The Hall–Kier alpha value is -3.83. The van der Waals surface area contributed by atoms with Gasteiger partial charge in [0.1, 0.15) is 17.2 Å². The molecule has 0 aliphatic carbocycles. The summed E-state index contributed by atoms with van der Waals surface area (Å²) >= 11 is 1.52. The number of thiophene rings is 1. The van der Waals surface area contributed by atoms with Crippen molar-refractivity contribution in [2.24, 2.45) is 0 Å². The number of carbonyl (C=O) groups is 1. The summed E-state index contributed by atoms with van der Waals surface area (Å²) in [5.41, 5.74) is 2.44. The van der Waals surface area contributed by atoms with Crippen molar-refractivity contribution in [3.63, 3.8) is 0 Å². The summed E-state index contributed by atoms with van der Waals surface area (Å²) in [7, 11) is 0. The van der Waals surface area contributed by atoms with Crippen LogP contribution in [0.15, 0.2) is 72.4 Å². The quantitative estimate of drug-likeness (QED) is 0.425. The Morgan fingerprint density at radius 1 is 1.19 bits per heavy atom. The van der Waals surface area contributed by atoms with Crippen LogP contribution in [0.5, 0.6) is 0 Å². The molecular formula is C23H18FN5OS. The fraction of sp³-hybridized carbons (Fsp3) is 0.130. The Bertz CT molecular complexity index is 1200. The molecule has 0 fully saturated rings. The highest BCUT2D eigenvalue weighted by Gasteiger charge is 2.23. The molecule has 0 aliphatic heterocycles. The third-order valence-electron chi connectivity index (χ3n) is 4.65. The van der Waals surface area contributed by atoms with Crippen LogP contribution in [0.25, 0.3) is 16.3 Å². The number of pyridine rings is 1. The van der Waals surface area contributed by atoms with Crippen molar-refractivity contribution < 1.29 is 9.18 Å². The molecule has 0 unspecified atom stereocenters. The van der Waals surface area contributed by atoms with E-state index in [9.17, 15) is 9.18 Å². The van der Waals surface area contributed by atoms with Gasteiger partial charge in [0.15, 0.2) is 0 Å². The third kappa shape index (κ3) is 4.68. The zero-order chi connectivity index (χ0) is 21.6. The molecule has 0 spiro atoms. The zero-order valence-corrected chi connectivity index (χ0v) is 17.3. The average molecular weight is 431 g/mol. The molecule has 3 aromatic heterocycles. The summed E-state index contributed by atoms with van der Waals surface area (Å²) in [5, 5.41) is 15.6. The first-order valence-corrected chi connectivity index (χ1v) is 10.5. The van der Waals surface area contributed by atoms with Crippen LogP contribution in [0.3, 0.4) is 0 Å². The maximum atomic E-state index is 13.6. The van der Waals surface area contributed by atoms with Crippen LogP contribution < -0.4 is 0 Å². The lowest BCUT2D eigenvalue weighted by Gasteiger charge is -2.22. The van der Waals surface area contributed by atoms with Gasteiger partial charge in [0.2, 0.25) is 0 Å². The van der Waals surface area contributed by atoms with Gasteiger partial charge in [-0.3, -0.25) is 9.78 Å². The number of rotatable bonds is 7. The Morgan fingerprint density at radius 3 is 2.71 bits per heavy atom. The van der Waals surface area contributed by atoms with E-state index in [1.807, 2.05) is 23.6 Å². The predicted molar refractivity (Wildman–Crippen MR) is 116 cm³/mol. The second-order valence-electron chi connectivity index (χ2n) is 6.78. The molecule has 0 atom stereocenters. The van der Waals surface area contributed by atoms with Gasteiger partial charge in [0, 0.05) is 25.5 Å². The molecule has 8 heteroatoms. The SMILES string of the molecule is N#CCCN(Cc1cccnc1)C(=O)c1cc(-c2cccs2)nn1-c1ccc(F)cc1. The summed E-state index contributed by atoms with van der Waals surface area (Å²) < 4.78 is 15.0. The van der Waals surface area contributed by atoms with Crippen LogP contribution in [0.2, 0.25) is 0 Å². The van der Waals surface area contributed by atoms with Gasteiger partial charge in [0.25, 0.3) is 5.91 Å². The minimum absolute atomic E-state index is 0.203. The fourth-order valence-corrected chi connectivity index (χ4v) is 3.85. The van der Waals surface area contributed by atoms with Crippen molar-refractivity contribution in [3.05, 3.63) is 89.4 Å². The summed E-state index contributed by atoms with van der Waals surface area (Å²) in [5.74, 6) is -0.631. The van der Waals surface area contributed by atoms with Crippen molar-refractivity contribution in [2.45, 2.75) is 13.0 Å². The van der Waals surface area contributed by atoms with Gasteiger partial charge < -0.3 is 4.90 Å². The molecule has 31 heavy (non-hydrogen) atoms. The Balaban J connectivity index is 1.75. The van der Waals surface area contributed by atoms with Crippen molar-refractivity contribution in [2.75, 3.05) is 6.54 Å². The van der Waals surface area contributed by atoms with Crippen LogP contribution in [0.4, 0.5) is 4.39 Å². The van der Waals surface area contributed by atoms with Gasteiger partial charge in [-0.05, 0) is 53.4 Å².